The summed E-state index contributed by atoms with van der Waals surface area (Å²) in [5.41, 5.74) is 5.37. The molecule has 0 atom stereocenters. The van der Waals surface area contributed by atoms with Crippen molar-refractivity contribution >= 4 is 23.3 Å². The fourth-order valence-corrected chi connectivity index (χ4v) is 1.01. The summed E-state index contributed by atoms with van der Waals surface area (Å²) in [6.45, 7) is 0. The predicted octanol–water partition coefficient (Wildman–Crippen LogP) is 1.41. The quantitative estimate of drug-likeness (QED) is 0.409. The van der Waals surface area contributed by atoms with E-state index < -0.39 is 5.97 Å². The lowest BCUT2D eigenvalue weighted by molar-refractivity contribution is 0.0597. The van der Waals surface area contributed by atoms with E-state index in [0.29, 0.717) is 0 Å². The largest absolute Gasteiger partial charge is 0.505 e. The minimum Gasteiger partial charge on any atom is -0.505 e. The Balaban J connectivity index is 3.26. The first-order valence-electron chi connectivity index (χ1n) is 3.43. The van der Waals surface area contributed by atoms with Gasteiger partial charge in [0, 0.05) is 0 Å². The number of methoxy groups -OCH3 is 1. The van der Waals surface area contributed by atoms with Gasteiger partial charge >= 0.3 is 5.97 Å². The van der Waals surface area contributed by atoms with Gasteiger partial charge in [-0.1, -0.05) is 11.6 Å². The molecule has 0 aliphatic rings. The molecular formula is C8H8ClNO3. The highest BCUT2D eigenvalue weighted by Gasteiger charge is 2.15. The Morgan fingerprint density at radius 1 is 1.62 bits per heavy atom. The van der Waals surface area contributed by atoms with Gasteiger partial charge in [-0.25, -0.2) is 4.79 Å². The Hall–Kier alpha value is -1.42. The van der Waals surface area contributed by atoms with Gasteiger partial charge in [0.25, 0.3) is 0 Å². The third kappa shape index (κ3) is 1.67. The number of carbonyl (C=O) groups is 1. The van der Waals surface area contributed by atoms with Crippen LogP contribution in [0.4, 0.5) is 5.69 Å². The number of halogens is 1. The zero-order valence-corrected chi connectivity index (χ0v) is 7.63. The highest BCUT2D eigenvalue weighted by atomic mass is 35.5. The van der Waals surface area contributed by atoms with E-state index in [1.165, 1.54) is 19.2 Å². The number of phenolic OH excluding ortho intramolecular Hbond substituents is 1. The van der Waals surface area contributed by atoms with Gasteiger partial charge in [-0.15, -0.1) is 0 Å². The molecular weight excluding hydrogens is 194 g/mol. The van der Waals surface area contributed by atoms with Gasteiger partial charge in [0.2, 0.25) is 0 Å². The fraction of sp³-hybridized carbons (Fsp3) is 0.125. The Morgan fingerprint density at radius 3 is 2.77 bits per heavy atom. The van der Waals surface area contributed by atoms with Gasteiger partial charge in [0.1, 0.15) is 5.56 Å². The Labute approximate surface area is 79.9 Å². The number of rotatable bonds is 1. The summed E-state index contributed by atoms with van der Waals surface area (Å²) >= 11 is 5.60. The number of benzene rings is 1. The summed E-state index contributed by atoms with van der Waals surface area (Å²) in [5.74, 6) is -1.000. The normalized spacial score (nSPS) is 9.69. The third-order valence-corrected chi connectivity index (χ3v) is 1.90. The molecule has 1 aromatic carbocycles. The van der Waals surface area contributed by atoms with Crippen LogP contribution in [0.1, 0.15) is 10.4 Å². The lowest BCUT2D eigenvalue weighted by Gasteiger charge is -2.05. The molecule has 4 nitrogen and oxygen atoms in total. The number of nitrogen functional groups attached to an aromatic ring is 1. The first kappa shape index (κ1) is 9.67. The molecule has 70 valence electrons. The van der Waals surface area contributed by atoms with E-state index >= 15 is 0 Å². The van der Waals surface area contributed by atoms with Crippen molar-refractivity contribution < 1.29 is 14.6 Å². The van der Waals surface area contributed by atoms with E-state index in [1.54, 1.807) is 0 Å². The monoisotopic (exact) mass is 201 g/mol. The van der Waals surface area contributed by atoms with Crippen LogP contribution in [0.25, 0.3) is 0 Å². The summed E-state index contributed by atoms with van der Waals surface area (Å²) in [7, 11) is 1.21. The molecule has 0 radical (unpaired) electrons. The second-order valence-corrected chi connectivity index (χ2v) is 2.76. The number of carbonyl (C=O) groups excluding carboxylic acids is 1. The van der Waals surface area contributed by atoms with Crippen LogP contribution in [0.2, 0.25) is 5.02 Å². The third-order valence-electron chi connectivity index (χ3n) is 1.57. The number of aromatic hydroxyl groups is 1. The smallest absolute Gasteiger partial charge is 0.341 e. The summed E-state index contributed by atoms with van der Waals surface area (Å²) in [6.07, 6.45) is 0. The average Bonchev–Trinajstić information content (AvgIpc) is 2.13. The molecule has 0 unspecified atom stereocenters. The number of esters is 1. The van der Waals surface area contributed by atoms with Crippen molar-refractivity contribution in [1.82, 2.24) is 0 Å². The highest BCUT2D eigenvalue weighted by molar-refractivity contribution is 6.33. The lowest BCUT2D eigenvalue weighted by Crippen LogP contribution is -2.03. The SMILES string of the molecule is COC(=O)c1ccc(Cl)c(N)c1O. The van der Waals surface area contributed by atoms with Crippen molar-refractivity contribution in [3.8, 4) is 5.75 Å². The van der Waals surface area contributed by atoms with Gasteiger partial charge in [-0.3, -0.25) is 0 Å². The molecule has 0 heterocycles. The van der Waals surface area contributed by atoms with E-state index in [0.717, 1.165) is 0 Å². The van der Waals surface area contributed by atoms with Crippen LogP contribution in [0.15, 0.2) is 12.1 Å². The maximum absolute atomic E-state index is 11.0. The first-order chi connectivity index (χ1) is 6.07. The molecule has 1 aromatic rings. The molecule has 0 fully saturated rings. The standard InChI is InChI=1S/C8H8ClNO3/c1-13-8(12)4-2-3-5(9)6(10)7(4)11/h2-3,11H,10H2,1H3. The van der Waals surface area contributed by atoms with E-state index in [2.05, 4.69) is 4.74 Å². The molecule has 0 spiro atoms. The molecule has 0 aliphatic heterocycles. The number of phenols is 1. The van der Waals surface area contributed by atoms with Crippen molar-refractivity contribution in [1.29, 1.82) is 0 Å². The molecule has 0 amide bonds. The van der Waals surface area contributed by atoms with Gasteiger partial charge in [-0.2, -0.15) is 0 Å². The lowest BCUT2D eigenvalue weighted by atomic mass is 10.2. The topological polar surface area (TPSA) is 72.5 Å². The fourth-order valence-electron chi connectivity index (χ4n) is 0.858. The van der Waals surface area contributed by atoms with E-state index in [9.17, 15) is 9.90 Å². The van der Waals surface area contributed by atoms with E-state index in [-0.39, 0.29) is 22.0 Å². The maximum atomic E-state index is 11.0. The van der Waals surface area contributed by atoms with Crippen LogP contribution in [0.5, 0.6) is 5.75 Å². The zero-order chi connectivity index (χ0) is 10.0. The van der Waals surface area contributed by atoms with E-state index in [4.69, 9.17) is 17.3 Å². The molecule has 5 heteroatoms. The number of hydrogen-bond donors (Lipinski definition) is 2. The van der Waals surface area contributed by atoms with Gasteiger partial charge in [-0.05, 0) is 12.1 Å². The van der Waals surface area contributed by atoms with Crippen LogP contribution in [0, 0.1) is 0 Å². The van der Waals surface area contributed by atoms with Crippen LogP contribution >= 0.6 is 11.6 Å². The second kappa shape index (κ2) is 3.53. The summed E-state index contributed by atoms with van der Waals surface area (Å²) in [6, 6.07) is 2.77. The Morgan fingerprint density at radius 2 is 2.23 bits per heavy atom. The van der Waals surface area contributed by atoms with Gasteiger partial charge < -0.3 is 15.6 Å². The molecule has 0 aromatic heterocycles. The van der Waals surface area contributed by atoms with Crippen molar-refractivity contribution in [3.05, 3.63) is 22.7 Å². The number of ether oxygens (including phenoxy) is 1. The van der Waals surface area contributed by atoms with Gasteiger partial charge in [0.15, 0.2) is 5.75 Å². The molecule has 0 bridgehead atoms. The Kier molecular flexibility index (Phi) is 2.63. The minimum atomic E-state index is -0.652. The van der Waals surface area contributed by atoms with Crippen molar-refractivity contribution in [2.75, 3.05) is 12.8 Å². The molecule has 0 saturated heterocycles. The van der Waals surface area contributed by atoms with Gasteiger partial charge in [0.05, 0.1) is 17.8 Å². The van der Waals surface area contributed by atoms with Crippen LogP contribution in [0.3, 0.4) is 0 Å². The molecule has 0 saturated carbocycles. The maximum Gasteiger partial charge on any atom is 0.341 e. The second-order valence-electron chi connectivity index (χ2n) is 2.35. The van der Waals surface area contributed by atoms with Crippen molar-refractivity contribution in [2.45, 2.75) is 0 Å². The molecule has 13 heavy (non-hydrogen) atoms. The number of anilines is 1. The van der Waals surface area contributed by atoms with E-state index in [1.807, 2.05) is 0 Å². The van der Waals surface area contributed by atoms with Crippen molar-refractivity contribution in [3.63, 3.8) is 0 Å². The highest BCUT2D eigenvalue weighted by Crippen LogP contribution is 2.31. The van der Waals surface area contributed by atoms with Crippen LogP contribution in [-0.2, 0) is 4.74 Å². The minimum absolute atomic E-state index is 0.00407. The first-order valence-corrected chi connectivity index (χ1v) is 3.81. The summed E-state index contributed by atoms with van der Waals surface area (Å²) in [5, 5.41) is 9.57. The van der Waals surface area contributed by atoms with Crippen LogP contribution < -0.4 is 5.73 Å². The van der Waals surface area contributed by atoms with Crippen LogP contribution in [-0.4, -0.2) is 18.2 Å². The molecule has 3 N–H and O–H groups in total. The Bertz CT molecular complexity index is 351. The molecule has 0 aliphatic carbocycles. The molecule has 1 rings (SSSR count). The predicted molar refractivity (Wildman–Crippen MR) is 48.9 cm³/mol. The average molecular weight is 202 g/mol. The summed E-state index contributed by atoms with van der Waals surface area (Å²) < 4.78 is 4.41. The zero-order valence-electron chi connectivity index (χ0n) is 6.87. The number of nitrogens with two attached hydrogens (primary N) is 1. The number of hydrogen-bond acceptors (Lipinski definition) is 4. The van der Waals surface area contributed by atoms with Crippen molar-refractivity contribution in [2.24, 2.45) is 0 Å². The summed E-state index contributed by atoms with van der Waals surface area (Å²) in [4.78, 5) is 11.0.